The lowest BCUT2D eigenvalue weighted by atomic mass is 10.3. The van der Waals surface area contributed by atoms with Crippen LogP contribution in [-0.4, -0.2) is 10.9 Å². The van der Waals surface area contributed by atoms with Crippen LogP contribution >= 0.6 is 33.9 Å². The minimum atomic E-state index is -0.317. The lowest BCUT2D eigenvalue weighted by molar-refractivity contribution is 0.102. The molecule has 0 fully saturated rings. The highest BCUT2D eigenvalue weighted by Crippen LogP contribution is 2.22. The minimum Gasteiger partial charge on any atom is -0.320 e. The topological polar surface area (TPSA) is 42.0 Å². The van der Waals surface area contributed by atoms with Crippen molar-refractivity contribution in [2.75, 3.05) is 5.32 Å². The van der Waals surface area contributed by atoms with Crippen LogP contribution in [0.5, 0.6) is 0 Å². The first-order valence-corrected chi connectivity index (χ1v) is 7.07. The highest BCUT2D eigenvalue weighted by molar-refractivity contribution is 14.1. The number of aromatic nitrogens is 1. The fourth-order valence-electron chi connectivity index (χ4n) is 1.51. The molecule has 2 rings (SSSR count). The van der Waals surface area contributed by atoms with Crippen molar-refractivity contribution in [2.45, 2.75) is 13.8 Å². The van der Waals surface area contributed by atoms with E-state index in [0.29, 0.717) is 19.8 Å². The van der Waals surface area contributed by atoms with Crippen LogP contribution in [0.3, 0.4) is 0 Å². The number of thiazole rings is 1. The van der Waals surface area contributed by atoms with Crippen molar-refractivity contribution in [1.29, 1.82) is 0 Å². The maximum Gasteiger partial charge on any atom is 0.267 e. The van der Waals surface area contributed by atoms with Gasteiger partial charge in [-0.15, -0.1) is 11.3 Å². The SMILES string of the molecule is Cc1nc(C)c(C(=O)Nc2ccc(F)cc2I)s1. The Morgan fingerprint density at radius 3 is 2.72 bits per heavy atom. The number of hydrogen-bond donors (Lipinski definition) is 1. The van der Waals surface area contributed by atoms with Gasteiger partial charge < -0.3 is 5.32 Å². The molecule has 0 aliphatic rings. The Bertz CT molecular complexity index is 612. The van der Waals surface area contributed by atoms with Crippen LogP contribution in [0.2, 0.25) is 0 Å². The molecule has 1 aromatic heterocycles. The van der Waals surface area contributed by atoms with Crippen molar-refractivity contribution < 1.29 is 9.18 Å². The summed E-state index contributed by atoms with van der Waals surface area (Å²) in [6.45, 7) is 3.66. The van der Waals surface area contributed by atoms with E-state index < -0.39 is 0 Å². The summed E-state index contributed by atoms with van der Waals surface area (Å²) in [6.07, 6.45) is 0. The summed E-state index contributed by atoms with van der Waals surface area (Å²) in [5.74, 6) is -0.523. The molecule has 0 saturated carbocycles. The van der Waals surface area contributed by atoms with Crippen molar-refractivity contribution in [3.05, 3.63) is 43.2 Å². The average molecular weight is 376 g/mol. The Labute approximate surface area is 122 Å². The molecule has 0 aliphatic heterocycles. The fourth-order valence-corrected chi connectivity index (χ4v) is 2.94. The molecule has 0 bridgehead atoms. The molecule has 2 aromatic rings. The normalized spacial score (nSPS) is 10.4. The minimum absolute atomic E-state index is 0.206. The summed E-state index contributed by atoms with van der Waals surface area (Å²) in [4.78, 5) is 16.8. The largest absolute Gasteiger partial charge is 0.320 e. The Balaban J connectivity index is 2.24. The van der Waals surface area contributed by atoms with Crippen LogP contribution in [-0.2, 0) is 0 Å². The van der Waals surface area contributed by atoms with E-state index in [1.165, 1.54) is 23.5 Å². The molecular weight excluding hydrogens is 366 g/mol. The zero-order valence-corrected chi connectivity index (χ0v) is 12.7. The molecular formula is C12H10FIN2OS. The van der Waals surface area contributed by atoms with Crippen LogP contribution < -0.4 is 5.32 Å². The van der Waals surface area contributed by atoms with Crippen molar-refractivity contribution in [1.82, 2.24) is 4.98 Å². The molecule has 0 unspecified atom stereocenters. The zero-order valence-electron chi connectivity index (χ0n) is 9.75. The highest BCUT2D eigenvalue weighted by atomic mass is 127. The highest BCUT2D eigenvalue weighted by Gasteiger charge is 2.15. The number of benzene rings is 1. The number of nitrogens with zero attached hydrogens (tertiary/aromatic N) is 1. The number of rotatable bonds is 2. The van der Waals surface area contributed by atoms with Gasteiger partial charge in [0.1, 0.15) is 10.7 Å². The second-order valence-electron chi connectivity index (χ2n) is 3.73. The Morgan fingerprint density at radius 1 is 1.44 bits per heavy atom. The maximum absolute atomic E-state index is 12.9. The molecule has 3 nitrogen and oxygen atoms in total. The molecule has 0 saturated heterocycles. The Morgan fingerprint density at radius 2 is 2.17 bits per heavy atom. The number of halogens is 2. The molecule has 0 radical (unpaired) electrons. The third kappa shape index (κ3) is 2.86. The van der Waals surface area contributed by atoms with E-state index in [1.54, 1.807) is 13.0 Å². The molecule has 1 aromatic carbocycles. The fraction of sp³-hybridized carbons (Fsp3) is 0.167. The van der Waals surface area contributed by atoms with Crippen LogP contribution in [0.15, 0.2) is 18.2 Å². The summed E-state index contributed by atoms with van der Waals surface area (Å²) in [5, 5.41) is 3.62. The number of carbonyl (C=O) groups excluding carboxylic acids is 1. The number of carbonyl (C=O) groups is 1. The van der Waals surface area contributed by atoms with Gasteiger partial charge in [0.2, 0.25) is 0 Å². The van der Waals surface area contributed by atoms with E-state index in [4.69, 9.17) is 0 Å². The van der Waals surface area contributed by atoms with Gasteiger partial charge in [-0.25, -0.2) is 9.37 Å². The van der Waals surface area contributed by atoms with Gasteiger partial charge in [0.25, 0.3) is 5.91 Å². The van der Waals surface area contributed by atoms with E-state index in [2.05, 4.69) is 10.3 Å². The van der Waals surface area contributed by atoms with E-state index in [1.807, 2.05) is 29.5 Å². The third-order valence-corrected chi connectivity index (χ3v) is 4.25. The molecule has 6 heteroatoms. The molecule has 0 spiro atoms. The summed E-state index contributed by atoms with van der Waals surface area (Å²) >= 11 is 3.34. The van der Waals surface area contributed by atoms with Crippen molar-refractivity contribution >= 4 is 45.5 Å². The lowest BCUT2D eigenvalue weighted by Gasteiger charge is -2.06. The molecule has 1 heterocycles. The molecule has 1 amide bonds. The van der Waals surface area contributed by atoms with Crippen LogP contribution in [0.4, 0.5) is 10.1 Å². The maximum atomic E-state index is 12.9. The standard InChI is InChI=1S/C12H10FIN2OS/c1-6-11(18-7(2)15-6)12(17)16-10-4-3-8(13)5-9(10)14/h3-5H,1-2H3,(H,16,17). The average Bonchev–Trinajstić information content (AvgIpc) is 2.62. The number of nitrogens with one attached hydrogen (secondary N) is 1. The monoisotopic (exact) mass is 376 g/mol. The van der Waals surface area contributed by atoms with Crippen molar-refractivity contribution in [2.24, 2.45) is 0 Å². The van der Waals surface area contributed by atoms with Crippen molar-refractivity contribution in [3.8, 4) is 0 Å². The lowest BCUT2D eigenvalue weighted by Crippen LogP contribution is -2.12. The zero-order chi connectivity index (χ0) is 13.3. The number of aryl methyl sites for hydroxylation is 2. The Kier molecular flexibility index (Phi) is 3.96. The molecule has 94 valence electrons. The molecule has 1 N–H and O–H groups in total. The van der Waals surface area contributed by atoms with E-state index in [9.17, 15) is 9.18 Å². The van der Waals surface area contributed by atoms with E-state index in [0.717, 1.165) is 5.01 Å². The van der Waals surface area contributed by atoms with Gasteiger partial charge in [-0.1, -0.05) is 0 Å². The predicted octanol–water partition coefficient (Wildman–Crippen LogP) is 3.76. The molecule has 0 aliphatic carbocycles. The number of hydrogen-bond acceptors (Lipinski definition) is 3. The molecule has 18 heavy (non-hydrogen) atoms. The number of anilines is 1. The van der Waals surface area contributed by atoms with Gasteiger partial charge in [-0.05, 0) is 54.6 Å². The van der Waals surface area contributed by atoms with Gasteiger partial charge in [-0.2, -0.15) is 0 Å². The van der Waals surface area contributed by atoms with E-state index >= 15 is 0 Å². The van der Waals surface area contributed by atoms with Gasteiger partial charge in [0.15, 0.2) is 0 Å². The van der Waals surface area contributed by atoms with Crippen LogP contribution in [0, 0.1) is 23.2 Å². The summed E-state index contributed by atoms with van der Waals surface area (Å²) in [6, 6.07) is 4.25. The first-order valence-electron chi connectivity index (χ1n) is 5.18. The van der Waals surface area contributed by atoms with Gasteiger partial charge in [0, 0.05) is 3.57 Å². The van der Waals surface area contributed by atoms with Gasteiger partial charge in [0.05, 0.1) is 16.4 Å². The first kappa shape index (κ1) is 13.4. The van der Waals surface area contributed by atoms with Crippen LogP contribution in [0.25, 0.3) is 0 Å². The van der Waals surface area contributed by atoms with Gasteiger partial charge >= 0.3 is 0 Å². The Hall–Kier alpha value is -1.02. The quantitative estimate of drug-likeness (QED) is 0.812. The van der Waals surface area contributed by atoms with Crippen LogP contribution in [0.1, 0.15) is 20.4 Å². The smallest absolute Gasteiger partial charge is 0.267 e. The summed E-state index contributed by atoms with van der Waals surface area (Å²) < 4.78 is 13.6. The number of amides is 1. The third-order valence-electron chi connectivity index (χ3n) is 2.29. The van der Waals surface area contributed by atoms with Gasteiger partial charge in [-0.3, -0.25) is 4.79 Å². The predicted molar refractivity (Wildman–Crippen MR) is 78.7 cm³/mol. The summed E-state index contributed by atoms with van der Waals surface area (Å²) in [7, 11) is 0. The second-order valence-corrected chi connectivity index (χ2v) is 6.09. The second kappa shape index (κ2) is 5.31. The summed E-state index contributed by atoms with van der Waals surface area (Å²) in [5.41, 5.74) is 1.32. The van der Waals surface area contributed by atoms with E-state index in [-0.39, 0.29) is 11.7 Å². The first-order chi connectivity index (χ1) is 8.47. The molecule has 0 atom stereocenters. The van der Waals surface area contributed by atoms with Crippen molar-refractivity contribution in [3.63, 3.8) is 0 Å².